The van der Waals surface area contributed by atoms with Crippen molar-refractivity contribution in [3.8, 4) is 0 Å². The third-order valence-electron chi connectivity index (χ3n) is 5.81. The Kier molecular flexibility index (Phi) is 4.45. The van der Waals surface area contributed by atoms with E-state index in [1.54, 1.807) is 11.3 Å². The Morgan fingerprint density at radius 2 is 2.04 bits per heavy atom. The van der Waals surface area contributed by atoms with Crippen LogP contribution in [0.25, 0.3) is 0 Å². The highest BCUT2D eigenvalue weighted by Gasteiger charge is 2.37. The summed E-state index contributed by atoms with van der Waals surface area (Å²) in [6.45, 7) is 0.569. The first-order chi connectivity index (χ1) is 12.0. The van der Waals surface area contributed by atoms with E-state index in [1.807, 2.05) is 0 Å². The molecule has 0 saturated heterocycles. The number of amidine groups is 1. The highest BCUT2D eigenvalue weighted by Crippen LogP contribution is 2.46. The van der Waals surface area contributed by atoms with Gasteiger partial charge in [0, 0.05) is 17.0 Å². The van der Waals surface area contributed by atoms with Crippen LogP contribution in [-0.4, -0.2) is 54.7 Å². The Morgan fingerprint density at radius 1 is 1.28 bits per heavy atom. The molecule has 4 rings (SSSR count). The fourth-order valence-electron chi connectivity index (χ4n) is 4.39. The summed E-state index contributed by atoms with van der Waals surface area (Å²) < 4.78 is 0. The number of aliphatic carboxylic acids is 1. The van der Waals surface area contributed by atoms with Gasteiger partial charge in [-0.15, -0.1) is 11.3 Å². The van der Waals surface area contributed by atoms with Gasteiger partial charge in [-0.3, -0.25) is 4.79 Å². The molecule has 1 aromatic heterocycles. The first-order valence-electron chi connectivity index (χ1n) is 9.14. The van der Waals surface area contributed by atoms with Crippen molar-refractivity contribution in [3.05, 3.63) is 16.0 Å². The quantitative estimate of drug-likeness (QED) is 0.770. The molecule has 1 fully saturated rings. The Labute approximate surface area is 152 Å². The van der Waals surface area contributed by atoms with E-state index >= 15 is 0 Å². The molecule has 6 nitrogen and oxygen atoms in total. The fourth-order valence-corrected chi connectivity index (χ4v) is 5.65. The lowest BCUT2D eigenvalue weighted by Crippen LogP contribution is -2.43. The van der Waals surface area contributed by atoms with Crippen molar-refractivity contribution in [2.45, 2.75) is 56.5 Å². The summed E-state index contributed by atoms with van der Waals surface area (Å²) in [7, 11) is 4.31. The van der Waals surface area contributed by atoms with E-state index in [-0.39, 0.29) is 5.92 Å². The molecule has 0 aromatic carbocycles. The minimum atomic E-state index is -0.712. The van der Waals surface area contributed by atoms with Crippen LogP contribution in [0.4, 0.5) is 5.00 Å². The number of fused-ring (bicyclic) bond motifs is 3. The molecule has 1 aromatic rings. The van der Waals surface area contributed by atoms with Crippen LogP contribution in [0.1, 0.15) is 54.0 Å². The lowest BCUT2D eigenvalue weighted by Gasteiger charge is -2.34. The van der Waals surface area contributed by atoms with Gasteiger partial charge in [0.25, 0.3) is 0 Å². The van der Waals surface area contributed by atoms with Crippen molar-refractivity contribution < 1.29 is 9.90 Å². The number of rotatable bonds is 3. The zero-order chi connectivity index (χ0) is 17.6. The van der Waals surface area contributed by atoms with Crippen LogP contribution >= 0.6 is 11.3 Å². The van der Waals surface area contributed by atoms with Crippen molar-refractivity contribution in [2.24, 2.45) is 4.99 Å². The lowest BCUT2D eigenvalue weighted by atomic mass is 9.90. The number of nitrogens with one attached hydrogen (secondary N) is 2. The smallest absolute Gasteiger partial charge is 0.311 e. The Balaban J connectivity index is 1.54. The number of nitrogens with zero attached hydrogens (tertiary/aromatic N) is 2. The van der Waals surface area contributed by atoms with E-state index in [0.717, 1.165) is 41.2 Å². The number of aliphatic imine (C=N–C) groups is 1. The van der Waals surface area contributed by atoms with Crippen LogP contribution in [0.3, 0.4) is 0 Å². The number of anilines is 1. The molecule has 1 aliphatic heterocycles. The molecule has 25 heavy (non-hydrogen) atoms. The van der Waals surface area contributed by atoms with Gasteiger partial charge in [-0.1, -0.05) is 0 Å². The van der Waals surface area contributed by atoms with Gasteiger partial charge >= 0.3 is 5.97 Å². The molecule has 1 unspecified atom stereocenters. The number of carboxylic acid groups (broad SMARTS) is 1. The molecular weight excluding hydrogens is 336 g/mol. The van der Waals surface area contributed by atoms with Crippen LogP contribution in [-0.2, 0) is 11.2 Å². The van der Waals surface area contributed by atoms with E-state index < -0.39 is 5.97 Å². The molecule has 0 bridgehead atoms. The minimum Gasteiger partial charge on any atom is -0.481 e. The Bertz CT molecular complexity index is 704. The van der Waals surface area contributed by atoms with Gasteiger partial charge in [0.2, 0.25) is 0 Å². The predicted octanol–water partition coefficient (Wildman–Crippen LogP) is 2.45. The molecule has 1 atom stereocenters. The lowest BCUT2D eigenvalue weighted by molar-refractivity contribution is -0.138. The van der Waals surface area contributed by atoms with Crippen LogP contribution in [0.5, 0.6) is 0 Å². The van der Waals surface area contributed by atoms with E-state index in [1.165, 1.54) is 17.7 Å². The summed E-state index contributed by atoms with van der Waals surface area (Å²) in [6.07, 6.45) is 6.25. The minimum absolute atomic E-state index is 0.383. The Morgan fingerprint density at radius 3 is 2.72 bits per heavy atom. The summed E-state index contributed by atoms with van der Waals surface area (Å²) >= 11 is 1.71. The SMILES string of the molecule is CN(C)C1CCC(NC2=NCNc3sc4c(c32)C(C(=O)O)CC4)CC1. The van der Waals surface area contributed by atoms with E-state index in [9.17, 15) is 9.90 Å². The predicted molar refractivity (Wildman–Crippen MR) is 101 cm³/mol. The van der Waals surface area contributed by atoms with Gasteiger partial charge in [0.1, 0.15) is 17.5 Å². The van der Waals surface area contributed by atoms with Gasteiger partial charge in [-0.05, 0) is 58.2 Å². The number of carboxylic acids is 1. The maximum Gasteiger partial charge on any atom is 0.311 e. The second-order valence-electron chi connectivity index (χ2n) is 7.53. The largest absolute Gasteiger partial charge is 0.481 e. The molecule has 2 heterocycles. The molecule has 0 spiro atoms. The molecule has 7 heteroatoms. The van der Waals surface area contributed by atoms with Crippen LogP contribution in [0.15, 0.2) is 4.99 Å². The van der Waals surface area contributed by atoms with Gasteiger partial charge in [-0.25, -0.2) is 4.99 Å². The maximum absolute atomic E-state index is 11.7. The number of carbonyl (C=O) groups is 1. The summed E-state index contributed by atoms with van der Waals surface area (Å²) in [5.74, 6) is -0.185. The number of thiophene rings is 1. The standard InChI is InChI=1S/C18H26N4O2S/c1-22(2)11-5-3-10(4-6-11)21-16-15-14-12(18(23)24)7-8-13(14)25-17(15)20-9-19-16/h10-12,20H,3-9H2,1-2H3,(H,19,21)(H,23,24). The van der Waals surface area contributed by atoms with Crippen LogP contribution < -0.4 is 10.6 Å². The zero-order valence-corrected chi connectivity index (χ0v) is 15.7. The molecule has 136 valence electrons. The number of hydrogen-bond acceptors (Lipinski definition) is 6. The van der Waals surface area contributed by atoms with Crippen molar-refractivity contribution in [3.63, 3.8) is 0 Å². The first-order valence-corrected chi connectivity index (χ1v) is 9.96. The van der Waals surface area contributed by atoms with E-state index in [2.05, 4.69) is 34.6 Å². The average Bonchev–Trinajstić information content (AvgIpc) is 3.14. The second-order valence-corrected chi connectivity index (χ2v) is 8.63. The van der Waals surface area contributed by atoms with E-state index in [0.29, 0.717) is 25.2 Å². The average molecular weight is 362 g/mol. The van der Waals surface area contributed by atoms with Crippen molar-refractivity contribution in [1.29, 1.82) is 0 Å². The fraction of sp³-hybridized carbons (Fsp3) is 0.667. The van der Waals surface area contributed by atoms with Gasteiger partial charge < -0.3 is 20.6 Å². The summed E-state index contributed by atoms with van der Waals surface area (Å²) in [6, 6.07) is 1.10. The number of hydrogen-bond donors (Lipinski definition) is 3. The van der Waals surface area contributed by atoms with Crippen molar-refractivity contribution >= 4 is 28.1 Å². The highest BCUT2D eigenvalue weighted by atomic mass is 32.1. The highest BCUT2D eigenvalue weighted by molar-refractivity contribution is 7.16. The molecule has 2 aliphatic carbocycles. The topological polar surface area (TPSA) is 77.0 Å². The van der Waals surface area contributed by atoms with Crippen LogP contribution in [0.2, 0.25) is 0 Å². The maximum atomic E-state index is 11.7. The van der Waals surface area contributed by atoms with Crippen molar-refractivity contribution in [2.75, 3.05) is 26.1 Å². The summed E-state index contributed by atoms with van der Waals surface area (Å²) in [5, 5.41) is 17.7. The van der Waals surface area contributed by atoms with Crippen molar-refractivity contribution in [1.82, 2.24) is 10.2 Å². The van der Waals surface area contributed by atoms with E-state index in [4.69, 9.17) is 0 Å². The number of aryl methyl sites for hydroxylation is 1. The molecule has 0 radical (unpaired) electrons. The monoisotopic (exact) mass is 362 g/mol. The summed E-state index contributed by atoms with van der Waals surface area (Å²) in [4.78, 5) is 19.9. The Hall–Kier alpha value is -1.60. The normalized spacial score (nSPS) is 28.1. The molecular formula is C18H26N4O2S. The van der Waals surface area contributed by atoms with Gasteiger partial charge in [0.15, 0.2) is 0 Å². The zero-order valence-electron chi connectivity index (χ0n) is 14.8. The third kappa shape index (κ3) is 3.04. The van der Waals surface area contributed by atoms with Gasteiger partial charge in [0.05, 0.1) is 11.5 Å². The summed E-state index contributed by atoms with van der Waals surface area (Å²) in [5.41, 5.74) is 2.04. The molecule has 3 aliphatic rings. The van der Waals surface area contributed by atoms with Gasteiger partial charge in [-0.2, -0.15) is 0 Å². The second kappa shape index (κ2) is 6.61. The third-order valence-corrected chi connectivity index (χ3v) is 7.03. The molecule has 3 N–H and O–H groups in total. The van der Waals surface area contributed by atoms with Crippen LogP contribution in [0, 0.1) is 0 Å². The first kappa shape index (κ1) is 16.8. The molecule has 1 saturated carbocycles. The molecule has 0 amide bonds.